The quantitative estimate of drug-likeness (QED) is 0.888. The number of aliphatic hydroxyl groups is 1. The van der Waals surface area contributed by atoms with E-state index in [9.17, 15) is 9.90 Å². The van der Waals surface area contributed by atoms with Crippen molar-refractivity contribution in [2.75, 3.05) is 20.2 Å². The maximum absolute atomic E-state index is 12.4. The van der Waals surface area contributed by atoms with E-state index >= 15 is 0 Å². The normalized spacial score (nSPS) is 24.3. The van der Waals surface area contributed by atoms with Gasteiger partial charge >= 0.3 is 0 Å². The predicted molar refractivity (Wildman–Crippen MR) is 73.6 cm³/mol. The molecule has 1 amide bonds. The lowest BCUT2D eigenvalue weighted by atomic mass is 9.61. The molecule has 2 fully saturated rings. The summed E-state index contributed by atoms with van der Waals surface area (Å²) in [7, 11) is 1.55. The molecular formula is C15H20N2O3. The number of hydrogen-bond donors (Lipinski definition) is 1. The number of piperidine rings is 1. The van der Waals surface area contributed by atoms with Crippen LogP contribution >= 0.6 is 0 Å². The van der Waals surface area contributed by atoms with Gasteiger partial charge in [-0.1, -0.05) is 0 Å². The zero-order valence-corrected chi connectivity index (χ0v) is 11.7. The number of nitrogens with zero attached hydrogens (tertiary/aromatic N) is 2. The van der Waals surface area contributed by atoms with Crippen LogP contribution in [0.2, 0.25) is 0 Å². The Labute approximate surface area is 118 Å². The van der Waals surface area contributed by atoms with Crippen LogP contribution in [-0.4, -0.2) is 47.2 Å². The van der Waals surface area contributed by atoms with E-state index in [0.29, 0.717) is 11.4 Å². The van der Waals surface area contributed by atoms with Crippen molar-refractivity contribution in [1.29, 1.82) is 0 Å². The van der Waals surface area contributed by atoms with E-state index in [4.69, 9.17) is 4.74 Å². The molecule has 3 rings (SSSR count). The average Bonchev–Trinajstić information content (AvgIpc) is 2.53. The van der Waals surface area contributed by atoms with Crippen LogP contribution in [0.25, 0.3) is 0 Å². The zero-order chi connectivity index (χ0) is 14.2. The van der Waals surface area contributed by atoms with Gasteiger partial charge in [0.05, 0.1) is 18.8 Å². The molecule has 1 aliphatic heterocycles. The fourth-order valence-corrected chi connectivity index (χ4v) is 3.23. The summed E-state index contributed by atoms with van der Waals surface area (Å²) in [6.07, 6.45) is 5.22. The van der Waals surface area contributed by atoms with Gasteiger partial charge in [-0.05, 0) is 37.2 Å². The summed E-state index contributed by atoms with van der Waals surface area (Å²) >= 11 is 0. The summed E-state index contributed by atoms with van der Waals surface area (Å²) in [5, 5.41) is 9.90. The van der Waals surface area contributed by atoms with E-state index < -0.39 is 0 Å². The Kier molecular flexibility index (Phi) is 3.38. The zero-order valence-electron chi connectivity index (χ0n) is 11.7. The Balaban J connectivity index is 1.63. The molecule has 2 heterocycles. The Bertz CT molecular complexity index is 492. The molecule has 1 aromatic rings. The maximum Gasteiger partial charge on any atom is 0.255 e. The fraction of sp³-hybridized carbons (Fsp3) is 0.600. The van der Waals surface area contributed by atoms with Crippen molar-refractivity contribution in [3.05, 3.63) is 23.9 Å². The highest BCUT2D eigenvalue weighted by Gasteiger charge is 2.47. The van der Waals surface area contributed by atoms with Gasteiger partial charge in [0.1, 0.15) is 0 Å². The minimum absolute atomic E-state index is 0.0174. The van der Waals surface area contributed by atoms with E-state index in [1.807, 2.05) is 4.90 Å². The summed E-state index contributed by atoms with van der Waals surface area (Å²) in [4.78, 5) is 18.3. The standard InChI is InChI=1S/C15H20N2O3/c1-20-13-3-2-11(10-16-13)14(19)17-8-6-15(7-9-17)5-4-12(15)18/h2-3,10,12,18H,4-9H2,1H3. The predicted octanol–water partition coefficient (Wildman–Crippen LogP) is 1.47. The van der Waals surface area contributed by atoms with Gasteiger partial charge in [-0.2, -0.15) is 0 Å². The monoisotopic (exact) mass is 276 g/mol. The minimum atomic E-state index is -0.164. The summed E-state index contributed by atoms with van der Waals surface area (Å²) < 4.78 is 4.99. The number of ether oxygens (including phenoxy) is 1. The van der Waals surface area contributed by atoms with Gasteiger partial charge in [0, 0.05) is 25.4 Å². The third-order valence-electron chi connectivity index (χ3n) is 4.86. The van der Waals surface area contributed by atoms with Crippen LogP contribution in [-0.2, 0) is 0 Å². The number of rotatable bonds is 2. The Morgan fingerprint density at radius 3 is 2.60 bits per heavy atom. The topological polar surface area (TPSA) is 62.7 Å². The molecule has 1 unspecified atom stereocenters. The number of amides is 1. The number of carbonyl (C=O) groups excluding carboxylic acids is 1. The first-order chi connectivity index (χ1) is 9.64. The van der Waals surface area contributed by atoms with Crippen LogP contribution in [0.15, 0.2) is 18.3 Å². The largest absolute Gasteiger partial charge is 0.481 e. The second kappa shape index (κ2) is 5.05. The van der Waals surface area contributed by atoms with Gasteiger partial charge in [-0.25, -0.2) is 4.98 Å². The highest BCUT2D eigenvalue weighted by Crippen LogP contribution is 2.49. The van der Waals surface area contributed by atoms with Crippen molar-refractivity contribution in [1.82, 2.24) is 9.88 Å². The van der Waals surface area contributed by atoms with E-state index in [2.05, 4.69) is 4.98 Å². The second-order valence-electron chi connectivity index (χ2n) is 5.80. The van der Waals surface area contributed by atoms with Crippen LogP contribution in [0.1, 0.15) is 36.0 Å². The van der Waals surface area contributed by atoms with E-state index in [1.165, 1.54) is 0 Å². The number of aromatic nitrogens is 1. The Morgan fingerprint density at radius 2 is 2.15 bits per heavy atom. The smallest absolute Gasteiger partial charge is 0.255 e. The van der Waals surface area contributed by atoms with Crippen LogP contribution in [0.4, 0.5) is 0 Å². The van der Waals surface area contributed by atoms with E-state index in [1.54, 1.807) is 25.4 Å². The van der Waals surface area contributed by atoms with Gasteiger partial charge in [0.15, 0.2) is 0 Å². The highest BCUT2D eigenvalue weighted by molar-refractivity contribution is 5.94. The molecule has 108 valence electrons. The fourth-order valence-electron chi connectivity index (χ4n) is 3.23. The molecule has 0 aromatic carbocycles. The number of pyridine rings is 1. The van der Waals surface area contributed by atoms with Crippen LogP contribution in [0.3, 0.4) is 0 Å². The molecule has 5 heteroatoms. The molecule has 2 aliphatic rings. The Hall–Kier alpha value is -1.62. The number of methoxy groups -OCH3 is 1. The van der Waals surface area contributed by atoms with Crippen molar-refractivity contribution in [2.45, 2.75) is 31.8 Å². The van der Waals surface area contributed by atoms with Crippen molar-refractivity contribution >= 4 is 5.91 Å². The lowest BCUT2D eigenvalue weighted by Crippen LogP contribution is -2.53. The average molecular weight is 276 g/mol. The second-order valence-corrected chi connectivity index (χ2v) is 5.80. The van der Waals surface area contributed by atoms with Crippen molar-refractivity contribution in [3.8, 4) is 5.88 Å². The molecule has 1 atom stereocenters. The maximum atomic E-state index is 12.4. The van der Waals surface area contributed by atoms with Gasteiger partial charge in [-0.15, -0.1) is 0 Å². The lowest BCUT2D eigenvalue weighted by Gasteiger charge is -2.51. The van der Waals surface area contributed by atoms with Gasteiger partial charge in [-0.3, -0.25) is 4.79 Å². The molecule has 1 N–H and O–H groups in total. The van der Waals surface area contributed by atoms with Crippen LogP contribution in [0, 0.1) is 5.41 Å². The number of aliphatic hydroxyl groups excluding tert-OH is 1. The molecule has 0 bridgehead atoms. The summed E-state index contributed by atoms with van der Waals surface area (Å²) in [6, 6.07) is 3.45. The highest BCUT2D eigenvalue weighted by atomic mass is 16.5. The van der Waals surface area contributed by atoms with E-state index in [0.717, 1.165) is 38.8 Å². The first kappa shape index (κ1) is 13.4. The molecule has 1 saturated heterocycles. The minimum Gasteiger partial charge on any atom is -0.481 e. The van der Waals surface area contributed by atoms with Crippen molar-refractivity contribution in [3.63, 3.8) is 0 Å². The third kappa shape index (κ3) is 2.16. The molecule has 1 aromatic heterocycles. The number of hydrogen-bond acceptors (Lipinski definition) is 4. The van der Waals surface area contributed by atoms with Crippen molar-refractivity contribution < 1.29 is 14.6 Å². The Morgan fingerprint density at radius 1 is 1.40 bits per heavy atom. The summed E-state index contributed by atoms with van der Waals surface area (Å²) in [5.41, 5.74) is 0.686. The summed E-state index contributed by atoms with van der Waals surface area (Å²) in [6.45, 7) is 1.45. The SMILES string of the molecule is COc1ccc(C(=O)N2CCC3(CCC3O)CC2)cn1. The molecule has 1 aliphatic carbocycles. The number of likely N-dealkylation sites (tertiary alicyclic amines) is 1. The first-order valence-corrected chi connectivity index (χ1v) is 7.12. The van der Waals surface area contributed by atoms with Crippen LogP contribution < -0.4 is 4.74 Å². The van der Waals surface area contributed by atoms with Gasteiger partial charge in [0.25, 0.3) is 5.91 Å². The van der Waals surface area contributed by atoms with E-state index in [-0.39, 0.29) is 17.4 Å². The van der Waals surface area contributed by atoms with Crippen LogP contribution in [0.5, 0.6) is 5.88 Å². The lowest BCUT2D eigenvalue weighted by molar-refractivity contribution is -0.0952. The summed E-state index contributed by atoms with van der Waals surface area (Å²) in [5.74, 6) is 0.528. The third-order valence-corrected chi connectivity index (χ3v) is 4.86. The molecule has 1 spiro atoms. The van der Waals surface area contributed by atoms with Gasteiger partial charge in [0.2, 0.25) is 5.88 Å². The van der Waals surface area contributed by atoms with Crippen molar-refractivity contribution in [2.24, 2.45) is 5.41 Å². The molecule has 1 saturated carbocycles. The number of carbonyl (C=O) groups is 1. The van der Waals surface area contributed by atoms with Gasteiger partial charge < -0.3 is 14.7 Å². The molecular weight excluding hydrogens is 256 g/mol. The molecule has 5 nitrogen and oxygen atoms in total. The first-order valence-electron chi connectivity index (χ1n) is 7.12. The molecule has 20 heavy (non-hydrogen) atoms. The molecule has 0 radical (unpaired) electrons.